The van der Waals surface area contributed by atoms with Crippen molar-refractivity contribution in [2.75, 3.05) is 21.3 Å². The number of carbonyl (C=O) groups excluding carboxylic acids is 1. The highest BCUT2D eigenvalue weighted by Crippen LogP contribution is 2.39. The number of hydrazine groups is 1. The van der Waals surface area contributed by atoms with E-state index in [-0.39, 0.29) is 17.9 Å². The van der Waals surface area contributed by atoms with Crippen LogP contribution in [-0.2, 0) is 11.2 Å². The van der Waals surface area contributed by atoms with Crippen LogP contribution in [-0.4, -0.2) is 27.2 Å². The van der Waals surface area contributed by atoms with Crippen LogP contribution in [0.3, 0.4) is 0 Å². The molecule has 2 unspecified atom stereocenters. The van der Waals surface area contributed by atoms with Crippen LogP contribution in [0.4, 0.5) is 0 Å². The van der Waals surface area contributed by atoms with Crippen molar-refractivity contribution >= 4 is 5.91 Å². The molecule has 0 saturated carbocycles. The molecule has 1 amide bonds. The highest BCUT2D eigenvalue weighted by molar-refractivity contribution is 5.79. The summed E-state index contributed by atoms with van der Waals surface area (Å²) in [5.41, 5.74) is 8.02. The third-order valence-electron chi connectivity index (χ3n) is 4.67. The van der Waals surface area contributed by atoms with Crippen LogP contribution < -0.4 is 25.1 Å². The van der Waals surface area contributed by atoms with Crippen molar-refractivity contribution in [3.05, 3.63) is 53.6 Å². The molecule has 1 heterocycles. The number of amides is 1. The van der Waals surface area contributed by atoms with Crippen molar-refractivity contribution in [2.45, 2.75) is 18.9 Å². The molecule has 3 rings (SSSR count). The van der Waals surface area contributed by atoms with Crippen LogP contribution in [0, 0.1) is 5.92 Å². The SMILES string of the molecule is COc1cc(CC2CC(c3ccccc3)NNC2=O)cc(OC)c1OC. The Bertz CT molecular complexity index is 739. The molecule has 1 aliphatic rings. The Balaban J connectivity index is 1.81. The molecule has 0 spiro atoms. The Hall–Kier alpha value is -2.73. The van der Waals surface area contributed by atoms with E-state index < -0.39 is 0 Å². The van der Waals surface area contributed by atoms with Gasteiger partial charge in [-0.2, -0.15) is 0 Å². The highest BCUT2D eigenvalue weighted by atomic mass is 16.5. The number of rotatable bonds is 6. The molecule has 2 aromatic rings. The maximum atomic E-state index is 12.3. The molecular formula is C20H24N2O4. The lowest BCUT2D eigenvalue weighted by atomic mass is 9.88. The first-order valence-electron chi connectivity index (χ1n) is 8.55. The number of ether oxygens (including phenoxy) is 3. The second-order valence-corrected chi connectivity index (χ2v) is 6.27. The van der Waals surface area contributed by atoms with Crippen molar-refractivity contribution < 1.29 is 19.0 Å². The Morgan fingerprint density at radius 1 is 1.00 bits per heavy atom. The van der Waals surface area contributed by atoms with Crippen LogP contribution >= 0.6 is 0 Å². The summed E-state index contributed by atoms with van der Waals surface area (Å²) in [5, 5.41) is 0. The molecule has 0 bridgehead atoms. The van der Waals surface area contributed by atoms with Crippen LogP contribution in [0.15, 0.2) is 42.5 Å². The molecule has 0 aromatic heterocycles. The first-order valence-corrected chi connectivity index (χ1v) is 8.55. The molecule has 1 aliphatic heterocycles. The smallest absolute Gasteiger partial charge is 0.237 e. The number of hydrogen-bond acceptors (Lipinski definition) is 5. The van der Waals surface area contributed by atoms with Gasteiger partial charge in [-0.3, -0.25) is 10.2 Å². The second-order valence-electron chi connectivity index (χ2n) is 6.27. The average Bonchev–Trinajstić information content (AvgIpc) is 2.69. The summed E-state index contributed by atoms with van der Waals surface area (Å²) < 4.78 is 16.2. The highest BCUT2D eigenvalue weighted by Gasteiger charge is 2.30. The van der Waals surface area contributed by atoms with Crippen LogP contribution in [0.5, 0.6) is 17.2 Å². The van der Waals surface area contributed by atoms with Gasteiger partial charge in [0, 0.05) is 5.92 Å². The first kappa shape index (κ1) is 18.1. The largest absolute Gasteiger partial charge is 0.493 e. The van der Waals surface area contributed by atoms with Gasteiger partial charge in [0.1, 0.15) is 0 Å². The summed E-state index contributed by atoms with van der Waals surface area (Å²) in [7, 11) is 4.75. The Morgan fingerprint density at radius 2 is 1.65 bits per heavy atom. The van der Waals surface area contributed by atoms with Gasteiger partial charge in [-0.25, -0.2) is 5.43 Å². The van der Waals surface area contributed by atoms with Crippen molar-refractivity contribution in [3.63, 3.8) is 0 Å². The summed E-state index contributed by atoms with van der Waals surface area (Å²) in [6.07, 6.45) is 1.31. The van der Waals surface area contributed by atoms with E-state index in [2.05, 4.69) is 23.0 Å². The average molecular weight is 356 g/mol. The summed E-state index contributed by atoms with van der Waals surface area (Å²) >= 11 is 0. The minimum absolute atomic E-state index is 0.00840. The predicted molar refractivity (Wildman–Crippen MR) is 98.4 cm³/mol. The van der Waals surface area contributed by atoms with E-state index in [9.17, 15) is 4.79 Å². The molecule has 0 radical (unpaired) electrons. The third kappa shape index (κ3) is 3.75. The summed E-state index contributed by atoms with van der Waals surface area (Å²) in [5.74, 6) is 1.58. The lowest BCUT2D eigenvalue weighted by Crippen LogP contribution is -2.49. The molecule has 2 atom stereocenters. The van der Waals surface area contributed by atoms with Crippen molar-refractivity contribution in [1.29, 1.82) is 0 Å². The minimum Gasteiger partial charge on any atom is -0.493 e. The van der Waals surface area contributed by atoms with Gasteiger partial charge >= 0.3 is 0 Å². The minimum atomic E-state index is -0.149. The van der Waals surface area contributed by atoms with Crippen molar-refractivity contribution in [3.8, 4) is 17.2 Å². The number of hydrogen-bond donors (Lipinski definition) is 2. The van der Waals surface area contributed by atoms with Crippen molar-refractivity contribution in [1.82, 2.24) is 10.9 Å². The van der Waals surface area contributed by atoms with Gasteiger partial charge in [-0.15, -0.1) is 0 Å². The van der Waals surface area contributed by atoms with E-state index in [1.807, 2.05) is 30.3 Å². The molecule has 0 aliphatic carbocycles. The maximum Gasteiger partial charge on any atom is 0.237 e. The number of benzene rings is 2. The van der Waals surface area contributed by atoms with Crippen LogP contribution in [0.1, 0.15) is 23.6 Å². The fourth-order valence-corrected chi connectivity index (χ4v) is 3.33. The fourth-order valence-electron chi connectivity index (χ4n) is 3.33. The number of carbonyl (C=O) groups is 1. The molecule has 1 fully saturated rings. The Labute approximate surface area is 153 Å². The van der Waals surface area contributed by atoms with E-state index in [0.717, 1.165) is 11.1 Å². The Kier molecular flexibility index (Phi) is 5.63. The lowest BCUT2D eigenvalue weighted by Gasteiger charge is -2.30. The fraction of sp³-hybridized carbons (Fsp3) is 0.350. The van der Waals surface area contributed by atoms with Crippen LogP contribution in [0.2, 0.25) is 0 Å². The zero-order valence-corrected chi connectivity index (χ0v) is 15.2. The summed E-state index contributed by atoms with van der Waals surface area (Å²) in [6.45, 7) is 0. The predicted octanol–water partition coefficient (Wildman–Crippen LogP) is 2.64. The van der Waals surface area contributed by atoms with Gasteiger partial charge in [0.25, 0.3) is 0 Å². The standard InChI is InChI=1S/C20H24N2O4/c1-24-17-10-13(11-18(25-2)19(17)26-3)9-15-12-16(21-22-20(15)23)14-7-5-4-6-8-14/h4-8,10-11,15-16,21H,9,12H2,1-3H3,(H,22,23). The molecular weight excluding hydrogens is 332 g/mol. The topological polar surface area (TPSA) is 68.8 Å². The molecule has 6 nitrogen and oxygen atoms in total. The lowest BCUT2D eigenvalue weighted by molar-refractivity contribution is -0.128. The molecule has 26 heavy (non-hydrogen) atoms. The van der Waals surface area contributed by atoms with Gasteiger partial charge in [-0.05, 0) is 36.1 Å². The van der Waals surface area contributed by atoms with Gasteiger partial charge in [0.15, 0.2) is 11.5 Å². The monoisotopic (exact) mass is 356 g/mol. The third-order valence-corrected chi connectivity index (χ3v) is 4.67. The summed E-state index contributed by atoms with van der Waals surface area (Å²) in [6, 6.07) is 14.0. The van der Waals surface area contributed by atoms with E-state index >= 15 is 0 Å². The molecule has 2 N–H and O–H groups in total. The number of nitrogens with one attached hydrogen (secondary N) is 2. The van der Waals surface area contributed by atoms with E-state index in [4.69, 9.17) is 14.2 Å². The number of methoxy groups -OCH3 is 3. The molecule has 6 heteroatoms. The molecule has 2 aromatic carbocycles. The molecule has 1 saturated heterocycles. The zero-order chi connectivity index (χ0) is 18.5. The van der Waals surface area contributed by atoms with Gasteiger partial charge in [0.05, 0.1) is 27.4 Å². The van der Waals surface area contributed by atoms with E-state index in [1.165, 1.54) is 0 Å². The van der Waals surface area contributed by atoms with Gasteiger partial charge in [0.2, 0.25) is 11.7 Å². The quantitative estimate of drug-likeness (QED) is 0.833. The normalized spacial score (nSPS) is 19.6. The van der Waals surface area contributed by atoms with E-state index in [0.29, 0.717) is 30.1 Å². The van der Waals surface area contributed by atoms with Gasteiger partial charge in [-0.1, -0.05) is 30.3 Å². The molecule has 138 valence electrons. The van der Waals surface area contributed by atoms with E-state index in [1.54, 1.807) is 21.3 Å². The zero-order valence-electron chi connectivity index (χ0n) is 15.2. The van der Waals surface area contributed by atoms with Gasteiger partial charge < -0.3 is 14.2 Å². The Morgan fingerprint density at radius 3 is 2.23 bits per heavy atom. The van der Waals surface area contributed by atoms with Crippen molar-refractivity contribution in [2.24, 2.45) is 5.92 Å². The van der Waals surface area contributed by atoms with Crippen LogP contribution in [0.25, 0.3) is 0 Å². The second kappa shape index (κ2) is 8.10. The maximum absolute atomic E-state index is 12.3. The summed E-state index contributed by atoms with van der Waals surface area (Å²) in [4.78, 5) is 12.3. The first-order chi connectivity index (χ1) is 12.7.